The summed E-state index contributed by atoms with van der Waals surface area (Å²) in [6, 6.07) is 17.6. The van der Waals surface area contributed by atoms with E-state index in [0.717, 1.165) is 68.4 Å². The first-order valence-electron chi connectivity index (χ1n) is 16.6. The molecule has 8 nitrogen and oxygen atoms in total. The van der Waals surface area contributed by atoms with Crippen LogP contribution in [0.2, 0.25) is 0 Å². The van der Waals surface area contributed by atoms with Crippen molar-refractivity contribution in [2.45, 2.75) is 83.0 Å². The van der Waals surface area contributed by atoms with E-state index in [9.17, 15) is 19.5 Å². The summed E-state index contributed by atoms with van der Waals surface area (Å²) < 4.78 is 0. The Morgan fingerprint density at radius 3 is 2.42 bits per heavy atom. The number of amides is 3. The van der Waals surface area contributed by atoms with Gasteiger partial charge in [-0.25, -0.2) is 9.59 Å². The summed E-state index contributed by atoms with van der Waals surface area (Å²) in [7, 11) is 0. The number of carboxylic acid groups (broad SMARTS) is 1. The highest BCUT2D eigenvalue weighted by Crippen LogP contribution is 2.37. The quantitative estimate of drug-likeness (QED) is 0.354. The maximum atomic E-state index is 13.9. The number of hydrogen-bond acceptors (Lipinski definition) is 4. The maximum absolute atomic E-state index is 13.9. The van der Waals surface area contributed by atoms with E-state index in [4.69, 9.17) is 0 Å². The third-order valence-corrected chi connectivity index (χ3v) is 10.1. The zero-order valence-electron chi connectivity index (χ0n) is 26.4. The van der Waals surface area contributed by atoms with Crippen LogP contribution in [0.3, 0.4) is 0 Å². The Balaban J connectivity index is 1.07. The molecule has 45 heavy (non-hydrogen) atoms. The van der Waals surface area contributed by atoms with Crippen molar-refractivity contribution in [2.24, 2.45) is 5.41 Å². The van der Waals surface area contributed by atoms with Crippen LogP contribution < -0.4 is 5.32 Å². The highest BCUT2D eigenvalue weighted by molar-refractivity contribution is 5.96. The van der Waals surface area contributed by atoms with Crippen LogP contribution >= 0.6 is 0 Å². The number of piperidine rings is 1. The van der Waals surface area contributed by atoms with Crippen molar-refractivity contribution in [1.82, 2.24) is 20.0 Å². The number of rotatable bonds is 9. The van der Waals surface area contributed by atoms with Crippen molar-refractivity contribution in [2.75, 3.05) is 26.2 Å². The Morgan fingerprint density at radius 1 is 0.978 bits per heavy atom. The lowest BCUT2D eigenvalue weighted by Crippen LogP contribution is -2.49. The van der Waals surface area contributed by atoms with E-state index in [1.807, 2.05) is 35.2 Å². The lowest BCUT2D eigenvalue weighted by Gasteiger charge is -2.42. The predicted octanol–water partition coefficient (Wildman–Crippen LogP) is 6.17. The molecule has 2 unspecified atom stereocenters. The molecular weight excluding hydrogens is 564 g/mol. The number of likely N-dealkylation sites (tertiary alicyclic amines) is 1. The molecule has 1 saturated carbocycles. The van der Waals surface area contributed by atoms with Crippen LogP contribution in [0.1, 0.15) is 85.8 Å². The molecule has 3 fully saturated rings. The number of aromatic carboxylic acids is 1. The third-order valence-electron chi connectivity index (χ3n) is 10.1. The lowest BCUT2D eigenvalue weighted by molar-refractivity contribution is -0.118. The molecule has 2 aromatic carbocycles. The van der Waals surface area contributed by atoms with Crippen LogP contribution in [-0.4, -0.2) is 76.0 Å². The van der Waals surface area contributed by atoms with Crippen LogP contribution in [0.25, 0.3) is 0 Å². The van der Waals surface area contributed by atoms with Gasteiger partial charge >= 0.3 is 12.0 Å². The van der Waals surface area contributed by atoms with Crippen molar-refractivity contribution < 1.29 is 19.5 Å². The number of urea groups is 1. The Bertz CT molecular complexity index is 1440. The van der Waals surface area contributed by atoms with E-state index >= 15 is 0 Å². The highest BCUT2D eigenvalue weighted by Gasteiger charge is 2.43. The molecular formula is C37H46N4O4. The van der Waals surface area contributed by atoms with Gasteiger partial charge in [0.15, 0.2) is 0 Å². The Hall–Kier alpha value is -3.91. The zero-order chi connectivity index (χ0) is 31.4. The first-order valence-corrected chi connectivity index (χ1v) is 16.6. The Labute approximate surface area is 266 Å². The number of hydrogen-bond donors (Lipinski definition) is 2. The van der Waals surface area contributed by atoms with Gasteiger partial charge in [-0.1, -0.05) is 86.9 Å². The molecule has 2 atom stereocenters. The van der Waals surface area contributed by atoms with Gasteiger partial charge in [0.1, 0.15) is 0 Å². The molecule has 0 bridgehead atoms. The number of carbonyl (C=O) groups excluding carboxylic acids is 2. The molecule has 2 N–H and O–H groups in total. The molecule has 2 aliphatic heterocycles. The average Bonchev–Trinajstić information content (AvgIpc) is 3.37. The number of allylic oxidation sites excluding steroid dienone is 1. The first kappa shape index (κ1) is 31.1. The molecule has 8 heteroatoms. The van der Waals surface area contributed by atoms with Crippen molar-refractivity contribution >= 4 is 17.9 Å². The molecule has 2 aromatic rings. The van der Waals surface area contributed by atoms with E-state index in [1.54, 1.807) is 18.2 Å². The number of carboxylic acids is 1. The van der Waals surface area contributed by atoms with Gasteiger partial charge in [-0.3, -0.25) is 4.79 Å². The second-order valence-corrected chi connectivity index (χ2v) is 13.7. The smallest absolute Gasteiger partial charge is 0.335 e. The van der Waals surface area contributed by atoms with Gasteiger partial charge in [-0.15, -0.1) is 0 Å². The fourth-order valence-corrected chi connectivity index (χ4v) is 7.62. The Morgan fingerprint density at radius 2 is 1.73 bits per heavy atom. The summed E-state index contributed by atoms with van der Waals surface area (Å²) in [5.74, 6) is -0.901. The Kier molecular flexibility index (Phi) is 9.40. The third kappa shape index (κ3) is 7.33. The first-order chi connectivity index (χ1) is 21.8. The highest BCUT2D eigenvalue weighted by atomic mass is 16.4. The van der Waals surface area contributed by atoms with E-state index in [1.165, 1.54) is 19.3 Å². The lowest BCUT2D eigenvalue weighted by atomic mass is 9.80. The summed E-state index contributed by atoms with van der Waals surface area (Å²) in [6.07, 6.45) is 14.9. The molecule has 0 aromatic heterocycles. The van der Waals surface area contributed by atoms with Crippen LogP contribution in [0, 0.1) is 5.41 Å². The summed E-state index contributed by atoms with van der Waals surface area (Å²) in [6.45, 7) is 5.99. The van der Waals surface area contributed by atoms with Gasteiger partial charge in [0.25, 0.3) is 5.91 Å². The van der Waals surface area contributed by atoms with Gasteiger partial charge in [0.2, 0.25) is 0 Å². The summed E-state index contributed by atoms with van der Waals surface area (Å²) in [5.41, 5.74) is 2.95. The molecule has 0 radical (unpaired) electrons. The van der Waals surface area contributed by atoms with Crippen molar-refractivity contribution in [1.29, 1.82) is 0 Å². The second-order valence-electron chi connectivity index (χ2n) is 13.7. The molecule has 2 heterocycles. The number of carbonyl (C=O) groups is 3. The largest absolute Gasteiger partial charge is 0.478 e. The molecule has 2 saturated heterocycles. The fourth-order valence-electron chi connectivity index (χ4n) is 7.62. The van der Waals surface area contributed by atoms with E-state index in [0.29, 0.717) is 19.1 Å². The standard InChI is InChI=1S/C37H46N4O4/c1-37(19-15-29(16-20-37)34(42)38-31-13-6-3-7-14-31)26-39-21-17-32(18-22-39)41-33(28-10-4-2-5-11-28)25-40(36(41)45)24-27-9-8-12-30(23-27)35(43)44/h2,4-5,8-12,15-16,19,23,31-33H,3,6-7,13-14,17-18,20-22,24-26H2,1H3,(H,38,42)(H,43,44). The minimum absolute atomic E-state index is 0.0226. The summed E-state index contributed by atoms with van der Waals surface area (Å²) in [4.78, 5) is 44.8. The zero-order valence-corrected chi connectivity index (χ0v) is 26.4. The number of nitrogens with zero attached hydrogens (tertiary/aromatic N) is 3. The predicted molar refractivity (Wildman–Crippen MR) is 175 cm³/mol. The minimum Gasteiger partial charge on any atom is -0.478 e. The van der Waals surface area contributed by atoms with Gasteiger partial charge in [0, 0.05) is 55.8 Å². The monoisotopic (exact) mass is 610 g/mol. The van der Waals surface area contributed by atoms with E-state index in [2.05, 4.69) is 46.3 Å². The molecule has 0 spiro atoms. The topological polar surface area (TPSA) is 93.2 Å². The van der Waals surface area contributed by atoms with Gasteiger partial charge in [0.05, 0.1) is 11.6 Å². The molecule has 4 aliphatic rings. The fraction of sp³-hybridized carbons (Fsp3) is 0.486. The van der Waals surface area contributed by atoms with Crippen molar-refractivity contribution in [3.8, 4) is 0 Å². The minimum atomic E-state index is -0.964. The normalized spacial score (nSPS) is 25.0. The molecule has 2 aliphatic carbocycles. The average molecular weight is 611 g/mol. The van der Waals surface area contributed by atoms with Crippen molar-refractivity contribution in [3.63, 3.8) is 0 Å². The van der Waals surface area contributed by atoms with Gasteiger partial charge in [-0.2, -0.15) is 0 Å². The van der Waals surface area contributed by atoms with Gasteiger partial charge in [-0.05, 0) is 55.4 Å². The van der Waals surface area contributed by atoms with Crippen LogP contribution in [-0.2, 0) is 11.3 Å². The van der Waals surface area contributed by atoms with Crippen molar-refractivity contribution in [3.05, 3.63) is 95.1 Å². The summed E-state index contributed by atoms with van der Waals surface area (Å²) in [5, 5.41) is 12.7. The molecule has 6 rings (SSSR count). The van der Waals surface area contributed by atoms with E-state index < -0.39 is 5.97 Å². The van der Waals surface area contributed by atoms with Crippen LogP contribution in [0.5, 0.6) is 0 Å². The van der Waals surface area contributed by atoms with Crippen LogP contribution in [0.4, 0.5) is 4.79 Å². The number of nitrogens with one attached hydrogen (secondary N) is 1. The summed E-state index contributed by atoms with van der Waals surface area (Å²) >= 11 is 0. The van der Waals surface area contributed by atoms with E-state index in [-0.39, 0.29) is 35.0 Å². The van der Waals surface area contributed by atoms with Crippen LogP contribution in [0.15, 0.2) is 78.4 Å². The SMILES string of the molecule is CC1(CN2CCC(N3C(=O)N(Cc4cccc(C(=O)O)c4)CC3c3ccccc3)CC2)C=CC(C(=O)NC2CCCCC2)=CC1. The number of benzene rings is 2. The second kappa shape index (κ2) is 13.6. The maximum Gasteiger partial charge on any atom is 0.335 e. The molecule has 3 amide bonds. The van der Waals surface area contributed by atoms with Gasteiger partial charge < -0.3 is 25.1 Å². The molecule has 238 valence electrons.